The van der Waals surface area contributed by atoms with E-state index >= 15 is 0 Å². The highest BCUT2D eigenvalue weighted by Crippen LogP contribution is 2.27. The Hall–Kier alpha value is -1.05. The highest BCUT2D eigenvalue weighted by atomic mass is 32.2. The Labute approximate surface area is 153 Å². The van der Waals surface area contributed by atoms with Gasteiger partial charge in [-0.05, 0) is 45.1 Å². The fraction of sp³-hybridized carbons (Fsp3) is 0.611. The maximum Gasteiger partial charge on any atom is 0.181 e. The third kappa shape index (κ3) is 7.38. The molecule has 1 aromatic rings. The monoisotopic (exact) mass is 387 g/mol. The van der Waals surface area contributed by atoms with Crippen LogP contribution in [-0.2, 0) is 25.7 Å². The first kappa shape index (κ1) is 22.0. The number of carbonyl (C=O) groups excluding carboxylic acids is 1. The van der Waals surface area contributed by atoms with Gasteiger partial charge in [0.1, 0.15) is 5.78 Å². The number of carbonyl (C=O) groups is 1. The number of rotatable bonds is 5. The molecule has 5 nitrogen and oxygen atoms in total. The number of hydrogen-bond donors (Lipinski definition) is 0. The second-order valence-electron chi connectivity index (χ2n) is 6.58. The van der Waals surface area contributed by atoms with Crippen LogP contribution in [0, 0.1) is 12.8 Å². The first-order valence-electron chi connectivity index (χ1n) is 8.48. The van der Waals surface area contributed by atoms with Crippen molar-refractivity contribution in [2.75, 3.05) is 6.26 Å². The lowest BCUT2D eigenvalue weighted by Gasteiger charge is -2.22. The zero-order valence-corrected chi connectivity index (χ0v) is 16.7. The van der Waals surface area contributed by atoms with E-state index in [1.54, 1.807) is 31.2 Å². The van der Waals surface area contributed by atoms with Crippen LogP contribution in [0.25, 0.3) is 0 Å². The molecule has 0 heterocycles. The minimum Gasteiger partial charge on any atom is -0.773 e. The van der Waals surface area contributed by atoms with Gasteiger partial charge >= 0.3 is 0 Å². The van der Waals surface area contributed by atoms with Gasteiger partial charge in [-0.1, -0.05) is 48.0 Å². The van der Waals surface area contributed by atoms with Crippen molar-refractivity contribution in [3.8, 4) is 0 Å². The van der Waals surface area contributed by atoms with Crippen LogP contribution < -0.4 is 0 Å². The molecule has 1 aromatic carbocycles. The van der Waals surface area contributed by atoms with Crippen LogP contribution in [0.4, 0.5) is 0 Å². The summed E-state index contributed by atoms with van der Waals surface area (Å²) in [6.45, 7) is 3.57. The minimum absolute atomic E-state index is 0.0782. The maximum absolute atomic E-state index is 12.5. The SMILES string of the molecule is CS(=O)[O-].Cc1ccc(S(=O)(=O)C(C)CC(=O)C2CCCCC2)cc1. The molecule has 0 radical (unpaired) electrons. The normalized spacial score (nSPS) is 17.9. The van der Waals surface area contributed by atoms with E-state index in [4.69, 9.17) is 8.76 Å². The van der Waals surface area contributed by atoms with E-state index in [1.807, 2.05) is 6.92 Å². The molecule has 7 heteroatoms. The van der Waals surface area contributed by atoms with Crippen molar-refractivity contribution in [3.05, 3.63) is 29.8 Å². The van der Waals surface area contributed by atoms with Crippen LogP contribution in [0.1, 0.15) is 51.0 Å². The summed E-state index contributed by atoms with van der Waals surface area (Å²) in [5, 5.41) is -0.644. The summed E-state index contributed by atoms with van der Waals surface area (Å²) >= 11 is -1.86. The molecule has 0 saturated heterocycles. The number of Topliss-reactive ketones (excluding diaryl/α,β-unsaturated/α-hetero) is 1. The van der Waals surface area contributed by atoms with Crippen molar-refractivity contribution < 1.29 is 22.0 Å². The standard InChI is InChI=1S/C17H24O3S.CH4O2S/c1-13-8-10-16(11-9-13)21(19,20)14(2)12-17(18)15-6-4-3-5-7-15;1-4(2)3/h8-11,14-15H,3-7,12H2,1-2H3;1H3,(H,2,3)/p-1. The van der Waals surface area contributed by atoms with Crippen molar-refractivity contribution in [2.24, 2.45) is 5.92 Å². The Morgan fingerprint density at radius 3 is 2.16 bits per heavy atom. The molecule has 1 saturated carbocycles. The van der Waals surface area contributed by atoms with Crippen molar-refractivity contribution in [2.45, 2.75) is 62.5 Å². The van der Waals surface area contributed by atoms with Crippen LogP contribution in [0.3, 0.4) is 0 Å². The number of ketones is 1. The lowest BCUT2D eigenvalue weighted by atomic mass is 9.85. The summed E-state index contributed by atoms with van der Waals surface area (Å²) in [4.78, 5) is 12.6. The molecule has 0 N–H and O–H groups in total. The van der Waals surface area contributed by atoms with Gasteiger partial charge in [0, 0.05) is 12.3 Å². The van der Waals surface area contributed by atoms with Gasteiger partial charge in [0.25, 0.3) is 0 Å². The van der Waals surface area contributed by atoms with Gasteiger partial charge in [0.2, 0.25) is 0 Å². The second kappa shape index (κ2) is 10.2. The first-order valence-corrected chi connectivity index (χ1v) is 11.5. The number of benzene rings is 1. The minimum atomic E-state index is -3.41. The molecule has 2 atom stereocenters. The number of aryl methyl sites for hydroxylation is 1. The molecule has 1 aliphatic carbocycles. The van der Waals surface area contributed by atoms with Gasteiger partial charge in [-0.3, -0.25) is 9.00 Å². The Bertz CT molecular complexity index is 670. The molecular weight excluding hydrogens is 360 g/mol. The molecule has 0 aromatic heterocycles. The summed E-state index contributed by atoms with van der Waals surface area (Å²) in [7, 11) is -3.41. The molecule has 2 rings (SSSR count). The Morgan fingerprint density at radius 1 is 1.20 bits per heavy atom. The second-order valence-corrected chi connectivity index (χ2v) is 9.74. The van der Waals surface area contributed by atoms with E-state index in [2.05, 4.69) is 0 Å². The van der Waals surface area contributed by atoms with Crippen molar-refractivity contribution >= 4 is 26.7 Å². The Kier molecular flexibility index (Phi) is 8.96. The molecule has 1 aliphatic rings. The smallest absolute Gasteiger partial charge is 0.181 e. The average Bonchev–Trinajstić information content (AvgIpc) is 2.55. The van der Waals surface area contributed by atoms with Crippen molar-refractivity contribution in [3.63, 3.8) is 0 Å². The van der Waals surface area contributed by atoms with Crippen molar-refractivity contribution in [1.82, 2.24) is 0 Å². The fourth-order valence-electron chi connectivity index (χ4n) is 2.94. The van der Waals surface area contributed by atoms with Crippen LogP contribution in [0.15, 0.2) is 29.2 Å². The van der Waals surface area contributed by atoms with Gasteiger partial charge < -0.3 is 4.55 Å². The zero-order valence-electron chi connectivity index (χ0n) is 15.1. The summed E-state index contributed by atoms with van der Waals surface area (Å²) in [6, 6.07) is 6.85. The number of hydrogen-bond acceptors (Lipinski definition) is 5. The van der Waals surface area contributed by atoms with E-state index in [1.165, 1.54) is 6.42 Å². The topological polar surface area (TPSA) is 91.3 Å². The van der Waals surface area contributed by atoms with Gasteiger partial charge in [0.05, 0.1) is 10.1 Å². The van der Waals surface area contributed by atoms with Crippen molar-refractivity contribution in [1.29, 1.82) is 0 Å². The fourth-order valence-corrected chi connectivity index (χ4v) is 4.31. The maximum atomic E-state index is 12.5. The lowest BCUT2D eigenvalue weighted by Crippen LogP contribution is -2.26. The average molecular weight is 388 g/mol. The zero-order chi connectivity index (χ0) is 19.0. The van der Waals surface area contributed by atoms with Gasteiger partial charge in [-0.15, -0.1) is 0 Å². The molecule has 1 fully saturated rings. The summed E-state index contributed by atoms with van der Waals surface area (Å²) < 4.78 is 43.0. The molecule has 0 spiro atoms. The molecule has 25 heavy (non-hydrogen) atoms. The quantitative estimate of drug-likeness (QED) is 0.724. The van der Waals surface area contributed by atoms with Crippen LogP contribution in [0.2, 0.25) is 0 Å². The molecule has 0 aliphatic heterocycles. The highest BCUT2D eigenvalue weighted by Gasteiger charge is 2.29. The molecule has 0 amide bonds. The Balaban J connectivity index is 0.000000705. The van der Waals surface area contributed by atoms with Crippen LogP contribution in [0.5, 0.6) is 0 Å². The van der Waals surface area contributed by atoms with E-state index < -0.39 is 26.2 Å². The summed E-state index contributed by atoms with van der Waals surface area (Å²) in [6.07, 6.45) is 6.46. The summed E-state index contributed by atoms with van der Waals surface area (Å²) in [5.74, 6) is 0.201. The molecular formula is C18H27O5S2-. The number of sulfone groups is 1. The Morgan fingerprint density at radius 2 is 1.68 bits per heavy atom. The highest BCUT2D eigenvalue weighted by molar-refractivity contribution is 7.92. The van der Waals surface area contributed by atoms with Gasteiger partial charge in [0.15, 0.2) is 9.84 Å². The van der Waals surface area contributed by atoms with Gasteiger partial charge in [-0.25, -0.2) is 8.42 Å². The molecule has 0 bridgehead atoms. The van der Waals surface area contributed by atoms with E-state index in [0.717, 1.165) is 37.5 Å². The molecule has 2 unspecified atom stereocenters. The third-order valence-electron chi connectivity index (χ3n) is 4.43. The van der Waals surface area contributed by atoms with Crippen LogP contribution in [-0.4, -0.2) is 34.5 Å². The summed E-state index contributed by atoms with van der Waals surface area (Å²) in [5.41, 5.74) is 1.03. The lowest BCUT2D eigenvalue weighted by molar-refractivity contribution is -0.123. The third-order valence-corrected chi connectivity index (χ3v) is 6.58. The van der Waals surface area contributed by atoms with Crippen LogP contribution >= 0.6 is 0 Å². The first-order chi connectivity index (χ1) is 11.6. The van der Waals surface area contributed by atoms with E-state index in [-0.39, 0.29) is 18.1 Å². The largest absolute Gasteiger partial charge is 0.773 e. The predicted molar refractivity (Wildman–Crippen MR) is 98.9 cm³/mol. The van der Waals surface area contributed by atoms with E-state index in [0.29, 0.717) is 4.90 Å². The van der Waals surface area contributed by atoms with Gasteiger partial charge in [-0.2, -0.15) is 0 Å². The van der Waals surface area contributed by atoms with E-state index in [9.17, 15) is 13.2 Å². The molecule has 142 valence electrons. The predicted octanol–water partition coefficient (Wildman–Crippen LogP) is 3.19.